The smallest absolute Gasteiger partial charge is 0.345 e. The molecule has 1 aliphatic rings. The van der Waals surface area contributed by atoms with Crippen molar-refractivity contribution < 1.29 is 40.3 Å². The SMILES string of the molecule is Cc1cc(C2=NSC(c3cc(Cl)cc(Cl)c3)(C(F)(F)F)C2F)ccc1C(=O)NCC(=O)NCC(F)(F)F. The molecular weight excluding hydrogens is 574 g/mol. The lowest BCUT2D eigenvalue weighted by Crippen LogP contribution is -2.47. The monoisotopic (exact) mass is 589 g/mol. The molecular formula is C22H16Cl2F7N3O2S. The fourth-order valence-corrected chi connectivity index (χ4v) is 5.02. The number of amides is 2. The summed E-state index contributed by atoms with van der Waals surface area (Å²) in [7, 11) is 0. The molecule has 0 aromatic heterocycles. The van der Waals surface area contributed by atoms with Crippen molar-refractivity contribution in [3.63, 3.8) is 0 Å². The van der Waals surface area contributed by atoms with E-state index in [4.69, 9.17) is 23.2 Å². The highest BCUT2D eigenvalue weighted by Gasteiger charge is 2.66. The van der Waals surface area contributed by atoms with Crippen LogP contribution >= 0.6 is 35.1 Å². The van der Waals surface area contributed by atoms with Crippen LogP contribution in [0.5, 0.6) is 0 Å². The van der Waals surface area contributed by atoms with Crippen LogP contribution < -0.4 is 10.6 Å². The summed E-state index contributed by atoms with van der Waals surface area (Å²) in [4.78, 5) is 23.8. The Morgan fingerprint density at radius 1 is 1.03 bits per heavy atom. The van der Waals surface area contributed by atoms with Gasteiger partial charge in [-0.25, -0.2) is 8.79 Å². The number of nitrogens with zero attached hydrogens (tertiary/aromatic N) is 1. The van der Waals surface area contributed by atoms with Crippen LogP contribution in [-0.2, 0) is 9.54 Å². The third-order valence-corrected chi connectivity index (χ3v) is 6.95. The molecule has 2 aromatic carbocycles. The Labute approximate surface area is 219 Å². The summed E-state index contributed by atoms with van der Waals surface area (Å²) in [6.45, 7) is -0.908. The number of halogens is 9. The number of carbonyl (C=O) groups excluding carboxylic acids is 2. The average molecular weight is 590 g/mol. The Kier molecular flexibility index (Phi) is 8.40. The maximum atomic E-state index is 15.6. The van der Waals surface area contributed by atoms with Gasteiger partial charge in [0.25, 0.3) is 5.91 Å². The van der Waals surface area contributed by atoms with E-state index >= 15 is 4.39 Å². The van der Waals surface area contributed by atoms with Crippen LogP contribution in [0.2, 0.25) is 10.0 Å². The van der Waals surface area contributed by atoms with E-state index in [0.717, 1.165) is 12.1 Å². The van der Waals surface area contributed by atoms with Crippen LogP contribution in [0.15, 0.2) is 40.8 Å². The van der Waals surface area contributed by atoms with Crippen molar-refractivity contribution >= 4 is 52.7 Å². The molecule has 0 aliphatic carbocycles. The van der Waals surface area contributed by atoms with E-state index in [1.165, 1.54) is 31.2 Å². The Morgan fingerprint density at radius 3 is 2.19 bits per heavy atom. The molecule has 37 heavy (non-hydrogen) atoms. The standard InChI is InChI=1S/C22H16Cl2F7N3O2S/c1-10-4-11(2-3-15(10)19(36)32-8-16(35)33-9-20(26,27)28)17-18(25)21(37-34-17,22(29,30)31)12-5-13(23)7-14(24)6-12/h2-7,18H,8-9H2,1H3,(H,32,36)(H,33,35). The van der Waals surface area contributed by atoms with E-state index in [1.807, 2.05) is 0 Å². The number of nitrogens with one attached hydrogen (secondary N) is 2. The molecule has 0 spiro atoms. The van der Waals surface area contributed by atoms with Gasteiger partial charge in [-0.05, 0) is 60.3 Å². The maximum Gasteiger partial charge on any atom is 0.412 e. The van der Waals surface area contributed by atoms with Crippen LogP contribution in [0.1, 0.15) is 27.0 Å². The first-order valence-electron chi connectivity index (χ1n) is 10.2. The molecule has 1 aliphatic heterocycles. The van der Waals surface area contributed by atoms with Crippen molar-refractivity contribution in [3.05, 3.63) is 68.7 Å². The summed E-state index contributed by atoms with van der Waals surface area (Å²) in [6.07, 6.45) is -12.4. The van der Waals surface area contributed by atoms with Crippen LogP contribution in [0.25, 0.3) is 0 Å². The van der Waals surface area contributed by atoms with E-state index in [0.29, 0.717) is 0 Å². The van der Waals surface area contributed by atoms with Gasteiger partial charge in [-0.15, -0.1) is 0 Å². The maximum absolute atomic E-state index is 15.6. The van der Waals surface area contributed by atoms with Gasteiger partial charge in [-0.3, -0.25) is 9.59 Å². The number of hydrogen-bond acceptors (Lipinski definition) is 4. The van der Waals surface area contributed by atoms with E-state index in [1.54, 1.807) is 5.32 Å². The normalized spacial score (nSPS) is 19.9. The molecule has 2 unspecified atom stereocenters. The van der Waals surface area contributed by atoms with E-state index in [9.17, 15) is 35.9 Å². The minimum Gasteiger partial charge on any atom is -0.345 e. The van der Waals surface area contributed by atoms with Gasteiger partial charge in [0.2, 0.25) is 5.91 Å². The van der Waals surface area contributed by atoms with Crippen molar-refractivity contribution in [2.45, 2.75) is 30.2 Å². The number of carbonyl (C=O) groups is 2. The van der Waals surface area contributed by atoms with Crippen molar-refractivity contribution in [1.29, 1.82) is 0 Å². The first-order valence-corrected chi connectivity index (χ1v) is 11.7. The Balaban J connectivity index is 1.81. The van der Waals surface area contributed by atoms with Crippen LogP contribution in [0, 0.1) is 6.92 Å². The molecule has 0 fully saturated rings. The highest BCUT2D eigenvalue weighted by molar-refractivity contribution is 7.99. The number of rotatable bonds is 6. The van der Waals surface area contributed by atoms with Crippen molar-refractivity contribution in [1.82, 2.24) is 10.6 Å². The van der Waals surface area contributed by atoms with Gasteiger partial charge < -0.3 is 10.6 Å². The lowest BCUT2D eigenvalue weighted by Gasteiger charge is -2.32. The summed E-state index contributed by atoms with van der Waals surface area (Å²) in [5, 5.41) is 3.49. The fraction of sp³-hybridized carbons (Fsp3) is 0.318. The van der Waals surface area contributed by atoms with Crippen molar-refractivity contribution in [3.8, 4) is 0 Å². The molecule has 2 amide bonds. The predicted octanol–water partition coefficient (Wildman–Crippen LogP) is 5.96. The van der Waals surface area contributed by atoms with Crippen LogP contribution in [0.3, 0.4) is 0 Å². The third-order valence-electron chi connectivity index (χ3n) is 5.26. The molecule has 200 valence electrons. The minimum atomic E-state index is -5.10. The minimum absolute atomic E-state index is 0.0208. The van der Waals surface area contributed by atoms with Crippen LogP contribution in [-0.4, -0.2) is 49.1 Å². The van der Waals surface area contributed by atoms with Gasteiger partial charge in [0, 0.05) is 21.2 Å². The Bertz CT molecular complexity index is 1230. The number of alkyl halides is 7. The zero-order valence-electron chi connectivity index (χ0n) is 18.5. The van der Waals surface area contributed by atoms with Gasteiger partial charge in [0.05, 0.1) is 12.3 Å². The molecule has 1 heterocycles. The quantitative estimate of drug-likeness (QED) is 0.323. The number of hydrogen-bond donors (Lipinski definition) is 2. The van der Waals surface area contributed by atoms with Gasteiger partial charge in [0.15, 0.2) is 10.9 Å². The fourth-order valence-electron chi connectivity index (χ4n) is 3.53. The molecule has 2 N–H and O–H groups in total. The molecule has 0 bridgehead atoms. The summed E-state index contributed by atoms with van der Waals surface area (Å²) in [6, 6.07) is 6.72. The third kappa shape index (κ3) is 6.32. The average Bonchev–Trinajstić information content (AvgIpc) is 3.13. The van der Waals surface area contributed by atoms with Gasteiger partial charge in [-0.2, -0.15) is 26.3 Å². The van der Waals surface area contributed by atoms with E-state index < -0.39 is 59.5 Å². The Hall–Kier alpha value is -2.51. The second kappa shape index (κ2) is 10.7. The largest absolute Gasteiger partial charge is 0.412 e. The molecule has 0 saturated heterocycles. The Morgan fingerprint density at radius 2 is 1.65 bits per heavy atom. The zero-order valence-corrected chi connectivity index (χ0v) is 20.9. The highest BCUT2D eigenvalue weighted by Crippen LogP contribution is 2.58. The summed E-state index contributed by atoms with van der Waals surface area (Å²) in [5.74, 6) is -1.91. The lowest BCUT2D eigenvalue weighted by molar-refractivity contribution is -0.170. The van der Waals surface area contributed by atoms with Crippen molar-refractivity contribution in [2.75, 3.05) is 13.1 Å². The molecule has 0 saturated carbocycles. The summed E-state index contributed by atoms with van der Waals surface area (Å²) < 4.78 is 95.5. The van der Waals surface area contributed by atoms with Crippen LogP contribution in [0.4, 0.5) is 30.7 Å². The molecule has 15 heteroatoms. The van der Waals surface area contributed by atoms with E-state index in [-0.39, 0.29) is 38.7 Å². The first-order chi connectivity index (χ1) is 17.0. The number of aryl methyl sites for hydroxylation is 1. The molecule has 0 radical (unpaired) electrons. The number of benzene rings is 2. The predicted molar refractivity (Wildman–Crippen MR) is 126 cm³/mol. The molecule has 2 aromatic rings. The lowest BCUT2D eigenvalue weighted by atomic mass is 9.87. The highest BCUT2D eigenvalue weighted by atomic mass is 35.5. The van der Waals surface area contributed by atoms with Crippen molar-refractivity contribution in [2.24, 2.45) is 4.40 Å². The van der Waals surface area contributed by atoms with Gasteiger partial charge in [-0.1, -0.05) is 29.3 Å². The molecule has 2 atom stereocenters. The molecule has 3 rings (SSSR count). The summed E-state index contributed by atoms with van der Waals surface area (Å²) >= 11 is 11.7. The summed E-state index contributed by atoms with van der Waals surface area (Å²) in [5.41, 5.74) is -0.917. The zero-order chi connectivity index (χ0) is 27.8. The topological polar surface area (TPSA) is 70.6 Å². The second-order valence-corrected chi connectivity index (χ2v) is 9.81. The van der Waals surface area contributed by atoms with E-state index in [2.05, 4.69) is 9.71 Å². The first kappa shape index (κ1) is 29.1. The van der Waals surface area contributed by atoms with Gasteiger partial charge >= 0.3 is 12.4 Å². The second-order valence-electron chi connectivity index (χ2n) is 7.93. The molecule has 5 nitrogen and oxygen atoms in total. The van der Waals surface area contributed by atoms with Gasteiger partial charge in [0.1, 0.15) is 6.54 Å².